The molecule has 0 radical (unpaired) electrons. The highest BCUT2D eigenvalue weighted by Gasteiger charge is 2.21. The summed E-state index contributed by atoms with van der Waals surface area (Å²) in [5, 5.41) is 4.32. The van der Waals surface area contributed by atoms with E-state index >= 15 is 0 Å². The van der Waals surface area contributed by atoms with E-state index in [4.69, 9.17) is 9.47 Å². The molecule has 0 saturated heterocycles. The van der Waals surface area contributed by atoms with Crippen LogP contribution in [0, 0.1) is 0 Å². The SMILES string of the molecule is COc1ccc(OC)c(S(=O)(=O)NCCn2nc(-c3ccccc3)n(C)c2=O)c1. The van der Waals surface area contributed by atoms with E-state index in [0.717, 1.165) is 5.56 Å². The zero-order valence-corrected chi connectivity index (χ0v) is 17.1. The third-order valence-electron chi connectivity index (χ3n) is 4.35. The van der Waals surface area contributed by atoms with Crippen molar-refractivity contribution in [1.29, 1.82) is 0 Å². The Balaban J connectivity index is 1.77. The summed E-state index contributed by atoms with van der Waals surface area (Å²) in [5.74, 6) is 1.09. The van der Waals surface area contributed by atoms with E-state index in [1.165, 1.54) is 35.6 Å². The fourth-order valence-corrected chi connectivity index (χ4v) is 4.03. The lowest BCUT2D eigenvalue weighted by atomic mass is 10.2. The number of methoxy groups -OCH3 is 2. The fourth-order valence-electron chi connectivity index (χ4n) is 2.83. The monoisotopic (exact) mass is 418 g/mol. The van der Waals surface area contributed by atoms with Crippen molar-refractivity contribution in [3.05, 3.63) is 59.0 Å². The van der Waals surface area contributed by atoms with E-state index in [2.05, 4.69) is 9.82 Å². The summed E-state index contributed by atoms with van der Waals surface area (Å²) in [7, 11) is 0.582. The molecule has 154 valence electrons. The van der Waals surface area contributed by atoms with E-state index in [1.54, 1.807) is 13.1 Å². The van der Waals surface area contributed by atoms with Gasteiger partial charge in [-0.15, -0.1) is 5.10 Å². The highest BCUT2D eigenvalue weighted by molar-refractivity contribution is 7.89. The van der Waals surface area contributed by atoms with Gasteiger partial charge in [-0.25, -0.2) is 22.6 Å². The average Bonchev–Trinajstić information content (AvgIpc) is 3.02. The summed E-state index contributed by atoms with van der Waals surface area (Å²) < 4.78 is 40.7. The Morgan fingerprint density at radius 2 is 1.79 bits per heavy atom. The van der Waals surface area contributed by atoms with Crippen molar-refractivity contribution >= 4 is 10.0 Å². The molecule has 0 aliphatic rings. The third kappa shape index (κ3) is 4.33. The highest BCUT2D eigenvalue weighted by atomic mass is 32.2. The summed E-state index contributed by atoms with van der Waals surface area (Å²) in [5.41, 5.74) is 0.467. The van der Waals surface area contributed by atoms with Crippen molar-refractivity contribution in [2.75, 3.05) is 20.8 Å². The molecule has 1 aromatic heterocycles. The van der Waals surface area contributed by atoms with Crippen LogP contribution in [0.15, 0.2) is 58.2 Å². The molecular formula is C19H22N4O5S. The molecule has 0 atom stereocenters. The van der Waals surface area contributed by atoms with E-state index in [0.29, 0.717) is 11.6 Å². The van der Waals surface area contributed by atoms with Crippen molar-refractivity contribution < 1.29 is 17.9 Å². The number of rotatable bonds is 8. The number of nitrogens with one attached hydrogen (secondary N) is 1. The largest absolute Gasteiger partial charge is 0.497 e. The molecule has 29 heavy (non-hydrogen) atoms. The van der Waals surface area contributed by atoms with E-state index in [1.807, 2.05) is 30.3 Å². The average molecular weight is 418 g/mol. The minimum absolute atomic E-state index is 0.0200. The van der Waals surface area contributed by atoms with Crippen LogP contribution < -0.4 is 19.9 Å². The number of nitrogens with zero attached hydrogens (tertiary/aromatic N) is 3. The Morgan fingerprint density at radius 3 is 2.45 bits per heavy atom. The van der Waals surface area contributed by atoms with Gasteiger partial charge in [0.05, 0.1) is 20.8 Å². The maximum absolute atomic E-state index is 12.7. The lowest BCUT2D eigenvalue weighted by Crippen LogP contribution is -2.32. The maximum atomic E-state index is 12.7. The molecule has 3 aromatic rings. The van der Waals surface area contributed by atoms with Crippen LogP contribution in [0.1, 0.15) is 0 Å². The lowest BCUT2D eigenvalue weighted by Gasteiger charge is -2.12. The molecule has 2 aromatic carbocycles. The van der Waals surface area contributed by atoms with Crippen molar-refractivity contribution in [2.24, 2.45) is 7.05 Å². The zero-order chi connectivity index (χ0) is 21.0. The van der Waals surface area contributed by atoms with Gasteiger partial charge < -0.3 is 9.47 Å². The number of hydrogen-bond acceptors (Lipinski definition) is 6. The number of aromatic nitrogens is 3. The van der Waals surface area contributed by atoms with Gasteiger partial charge in [0.2, 0.25) is 10.0 Å². The summed E-state index contributed by atoms with van der Waals surface area (Å²) in [6.45, 7) is 0.0544. The molecule has 0 unspecified atom stereocenters. The Labute approximate surface area is 168 Å². The molecule has 0 aliphatic heterocycles. The smallest absolute Gasteiger partial charge is 0.345 e. The summed E-state index contributed by atoms with van der Waals surface area (Å²) >= 11 is 0. The van der Waals surface area contributed by atoms with E-state index in [9.17, 15) is 13.2 Å². The van der Waals surface area contributed by atoms with Crippen LogP contribution in [0.2, 0.25) is 0 Å². The van der Waals surface area contributed by atoms with Gasteiger partial charge in [0.25, 0.3) is 0 Å². The van der Waals surface area contributed by atoms with Crippen LogP contribution in [0.3, 0.4) is 0 Å². The van der Waals surface area contributed by atoms with Gasteiger partial charge in [0.15, 0.2) is 5.82 Å². The topological polar surface area (TPSA) is 104 Å². The van der Waals surface area contributed by atoms with Crippen molar-refractivity contribution in [3.8, 4) is 22.9 Å². The molecule has 10 heteroatoms. The second-order valence-corrected chi connectivity index (χ2v) is 7.90. The van der Waals surface area contributed by atoms with Crippen LogP contribution in [-0.2, 0) is 23.6 Å². The van der Waals surface area contributed by atoms with Crippen molar-refractivity contribution in [1.82, 2.24) is 19.1 Å². The summed E-state index contributed by atoms with van der Waals surface area (Å²) in [6.07, 6.45) is 0. The Kier molecular flexibility index (Phi) is 6.04. The van der Waals surface area contributed by atoms with Gasteiger partial charge in [-0.2, -0.15) is 0 Å². The van der Waals surface area contributed by atoms with Gasteiger partial charge in [-0.3, -0.25) is 4.57 Å². The van der Waals surface area contributed by atoms with Crippen molar-refractivity contribution in [2.45, 2.75) is 11.4 Å². The molecule has 1 N–H and O–H groups in total. The molecule has 0 bridgehead atoms. The zero-order valence-electron chi connectivity index (χ0n) is 16.3. The van der Waals surface area contributed by atoms with E-state index in [-0.39, 0.29) is 29.4 Å². The first-order chi connectivity index (χ1) is 13.9. The molecule has 3 rings (SSSR count). The second-order valence-electron chi connectivity index (χ2n) is 6.17. The number of sulfonamides is 1. The molecule has 1 heterocycles. The van der Waals surface area contributed by atoms with Crippen LogP contribution in [0.4, 0.5) is 0 Å². The van der Waals surface area contributed by atoms with Crippen molar-refractivity contribution in [3.63, 3.8) is 0 Å². The molecule has 0 spiro atoms. The quantitative estimate of drug-likeness (QED) is 0.590. The maximum Gasteiger partial charge on any atom is 0.345 e. The van der Waals surface area contributed by atoms with Gasteiger partial charge in [0.1, 0.15) is 16.4 Å². The Hall–Kier alpha value is -3.11. The predicted molar refractivity (Wildman–Crippen MR) is 108 cm³/mol. The predicted octanol–water partition coefficient (Wildman–Crippen LogP) is 1.24. The number of hydrogen-bond donors (Lipinski definition) is 1. The molecule has 0 aliphatic carbocycles. The minimum atomic E-state index is -3.88. The molecule has 0 fully saturated rings. The van der Waals surface area contributed by atoms with Crippen LogP contribution in [0.25, 0.3) is 11.4 Å². The Bertz CT molecular complexity index is 1150. The van der Waals surface area contributed by atoms with Crippen LogP contribution in [0.5, 0.6) is 11.5 Å². The molecule has 0 amide bonds. The minimum Gasteiger partial charge on any atom is -0.497 e. The lowest BCUT2D eigenvalue weighted by molar-refractivity contribution is 0.392. The Morgan fingerprint density at radius 1 is 1.07 bits per heavy atom. The van der Waals surface area contributed by atoms with Crippen LogP contribution >= 0.6 is 0 Å². The first-order valence-electron chi connectivity index (χ1n) is 8.78. The fraction of sp³-hybridized carbons (Fsp3) is 0.263. The standard InChI is InChI=1S/C19H22N4O5S/c1-22-18(14-7-5-4-6-8-14)21-23(19(22)24)12-11-20-29(25,26)17-13-15(27-2)9-10-16(17)28-3/h4-10,13,20H,11-12H2,1-3H3. The number of ether oxygens (including phenoxy) is 2. The van der Waals surface area contributed by atoms with Gasteiger partial charge in [0, 0.05) is 25.2 Å². The third-order valence-corrected chi connectivity index (χ3v) is 5.83. The highest BCUT2D eigenvalue weighted by Crippen LogP contribution is 2.27. The van der Waals surface area contributed by atoms with Gasteiger partial charge >= 0.3 is 5.69 Å². The van der Waals surface area contributed by atoms with E-state index < -0.39 is 10.0 Å². The molecule has 9 nitrogen and oxygen atoms in total. The normalized spacial score (nSPS) is 11.4. The second kappa shape index (κ2) is 8.50. The first kappa shape index (κ1) is 20.6. The van der Waals surface area contributed by atoms with Gasteiger partial charge in [-0.05, 0) is 12.1 Å². The van der Waals surface area contributed by atoms with Crippen LogP contribution in [-0.4, -0.2) is 43.5 Å². The molecular weight excluding hydrogens is 396 g/mol. The molecule has 0 saturated carbocycles. The van der Waals surface area contributed by atoms with Gasteiger partial charge in [-0.1, -0.05) is 30.3 Å². The number of benzene rings is 2. The summed E-state index contributed by atoms with van der Waals surface area (Å²) in [6, 6.07) is 13.8. The first-order valence-corrected chi connectivity index (χ1v) is 10.3. The summed E-state index contributed by atoms with van der Waals surface area (Å²) in [4.78, 5) is 12.4.